The van der Waals surface area contributed by atoms with Crippen molar-refractivity contribution < 1.29 is 0 Å². The first-order valence-corrected chi connectivity index (χ1v) is 5.12. The molecule has 2 aliphatic rings. The van der Waals surface area contributed by atoms with Crippen LogP contribution >= 0.6 is 0 Å². The highest BCUT2D eigenvalue weighted by Crippen LogP contribution is 2.21. The molecule has 68 valence electrons. The van der Waals surface area contributed by atoms with Crippen molar-refractivity contribution in [2.45, 2.75) is 38.1 Å². The molecule has 0 radical (unpaired) electrons. The Morgan fingerprint density at radius 1 is 1.08 bits per heavy atom. The zero-order valence-corrected chi connectivity index (χ0v) is 7.63. The SMILES string of the molecule is C1=CCN(C2CCCCC2)NC1. The van der Waals surface area contributed by atoms with Gasteiger partial charge in [0.15, 0.2) is 0 Å². The summed E-state index contributed by atoms with van der Waals surface area (Å²) in [6.07, 6.45) is 11.5. The van der Waals surface area contributed by atoms with Crippen LogP contribution in [-0.2, 0) is 0 Å². The molecule has 2 nitrogen and oxygen atoms in total. The summed E-state index contributed by atoms with van der Waals surface area (Å²) in [5.74, 6) is 0. The molecule has 0 aromatic rings. The first-order valence-electron chi connectivity index (χ1n) is 5.12. The second-order valence-electron chi connectivity index (χ2n) is 3.78. The largest absolute Gasteiger partial charge is 0.251 e. The van der Waals surface area contributed by atoms with Crippen molar-refractivity contribution >= 4 is 0 Å². The van der Waals surface area contributed by atoms with Gasteiger partial charge in [-0.2, -0.15) is 0 Å². The Balaban J connectivity index is 1.85. The zero-order chi connectivity index (χ0) is 8.23. The lowest BCUT2D eigenvalue weighted by Crippen LogP contribution is -2.48. The van der Waals surface area contributed by atoms with E-state index >= 15 is 0 Å². The number of rotatable bonds is 1. The van der Waals surface area contributed by atoms with Gasteiger partial charge >= 0.3 is 0 Å². The summed E-state index contributed by atoms with van der Waals surface area (Å²) in [5.41, 5.74) is 3.44. The minimum Gasteiger partial charge on any atom is -0.251 e. The molecule has 1 heterocycles. The van der Waals surface area contributed by atoms with Gasteiger partial charge in [0, 0.05) is 19.1 Å². The molecule has 12 heavy (non-hydrogen) atoms. The van der Waals surface area contributed by atoms with Crippen molar-refractivity contribution in [1.82, 2.24) is 10.4 Å². The Labute approximate surface area is 74.6 Å². The summed E-state index contributed by atoms with van der Waals surface area (Å²) >= 11 is 0. The van der Waals surface area contributed by atoms with Crippen molar-refractivity contribution in [2.75, 3.05) is 13.1 Å². The predicted molar refractivity (Wildman–Crippen MR) is 50.7 cm³/mol. The summed E-state index contributed by atoms with van der Waals surface area (Å²) < 4.78 is 0. The van der Waals surface area contributed by atoms with Gasteiger partial charge in [-0.15, -0.1) is 0 Å². The second-order valence-corrected chi connectivity index (χ2v) is 3.78. The van der Waals surface area contributed by atoms with Crippen molar-refractivity contribution in [3.63, 3.8) is 0 Å². The highest BCUT2D eigenvalue weighted by atomic mass is 15.5. The Kier molecular flexibility index (Phi) is 2.79. The van der Waals surface area contributed by atoms with E-state index in [1.165, 1.54) is 32.1 Å². The van der Waals surface area contributed by atoms with Gasteiger partial charge in [-0.25, -0.2) is 5.01 Å². The topological polar surface area (TPSA) is 15.3 Å². The first kappa shape index (κ1) is 8.27. The van der Waals surface area contributed by atoms with E-state index in [2.05, 4.69) is 22.6 Å². The van der Waals surface area contributed by atoms with Crippen LogP contribution in [0.4, 0.5) is 0 Å². The molecule has 0 bridgehead atoms. The van der Waals surface area contributed by atoms with Crippen molar-refractivity contribution in [3.8, 4) is 0 Å². The van der Waals surface area contributed by atoms with Crippen LogP contribution in [0.25, 0.3) is 0 Å². The van der Waals surface area contributed by atoms with Gasteiger partial charge in [0.25, 0.3) is 0 Å². The number of hydrazine groups is 1. The summed E-state index contributed by atoms with van der Waals surface area (Å²) in [7, 11) is 0. The molecule has 0 aromatic carbocycles. The normalized spacial score (nSPS) is 27.7. The van der Waals surface area contributed by atoms with Crippen LogP contribution in [0, 0.1) is 0 Å². The van der Waals surface area contributed by atoms with E-state index < -0.39 is 0 Å². The first-order chi connectivity index (χ1) is 5.97. The molecule has 1 aliphatic carbocycles. The fraction of sp³-hybridized carbons (Fsp3) is 0.800. The maximum atomic E-state index is 3.44. The van der Waals surface area contributed by atoms with E-state index in [9.17, 15) is 0 Å². The number of hydrogen-bond acceptors (Lipinski definition) is 2. The predicted octanol–water partition coefficient (Wildman–Crippen LogP) is 1.70. The number of hydrogen-bond donors (Lipinski definition) is 1. The average molecular weight is 166 g/mol. The number of nitrogens with zero attached hydrogens (tertiary/aromatic N) is 1. The second kappa shape index (κ2) is 4.06. The third kappa shape index (κ3) is 1.87. The van der Waals surface area contributed by atoms with Gasteiger partial charge in [-0.3, -0.25) is 5.43 Å². The minimum atomic E-state index is 0.809. The van der Waals surface area contributed by atoms with Gasteiger partial charge in [0.2, 0.25) is 0 Å². The van der Waals surface area contributed by atoms with Gasteiger partial charge < -0.3 is 0 Å². The van der Waals surface area contributed by atoms with E-state index in [0.717, 1.165) is 19.1 Å². The van der Waals surface area contributed by atoms with E-state index in [1.54, 1.807) is 0 Å². The Morgan fingerprint density at radius 2 is 1.92 bits per heavy atom. The third-order valence-corrected chi connectivity index (χ3v) is 2.90. The van der Waals surface area contributed by atoms with Crippen molar-refractivity contribution in [2.24, 2.45) is 0 Å². The van der Waals surface area contributed by atoms with Crippen LogP contribution in [-0.4, -0.2) is 24.1 Å². The molecule has 2 rings (SSSR count). The molecular formula is C10H18N2. The molecule has 1 saturated carbocycles. The van der Waals surface area contributed by atoms with Crippen LogP contribution in [0.1, 0.15) is 32.1 Å². The van der Waals surface area contributed by atoms with E-state index in [1.807, 2.05) is 0 Å². The fourth-order valence-electron chi connectivity index (χ4n) is 2.18. The molecular weight excluding hydrogens is 148 g/mol. The minimum absolute atomic E-state index is 0.809. The molecule has 0 amide bonds. The smallest absolute Gasteiger partial charge is 0.0315 e. The molecule has 0 atom stereocenters. The lowest BCUT2D eigenvalue weighted by molar-refractivity contribution is 0.110. The lowest BCUT2D eigenvalue weighted by atomic mass is 9.95. The molecule has 1 aliphatic heterocycles. The van der Waals surface area contributed by atoms with Gasteiger partial charge in [-0.05, 0) is 12.8 Å². The van der Waals surface area contributed by atoms with Crippen LogP contribution in [0.2, 0.25) is 0 Å². The molecule has 0 unspecified atom stereocenters. The summed E-state index contributed by atoms with van der Waals surface area (Å²) in [4.78, 5) is 0. The molecule has 2 heteroatoms. The Hall–Kier alpha value is -0.340. The highest BCUT2D eigenvalue weighted by molar-refractivity contribution is 4.92. The van der Waals surface area contributed by atoms with E-state index in [4.69, 9.17) is 0 Å². The van der Waals surface area contributed by atoms with Gasteiger partial charge in [0.1, 0.15) is 0 Å². The zero-order valence-electron chi connectivity index (χ0n) is 7.63. The fourth-order valence-corrected chi connectivity index (χ4v) is 2.18. The van der Waals surface area contributed by atoms with Crippen LogP contribution in [0.5, 0.6) is 0 Å². The lowest BCUT2D eigenvalue weighted by Gasteiger charge is -2.35. The molecule has 0 aromatic heterocycles. The molecule has 1 N–H and O–H groups in total. The Morgan fingerprint density at radius 3 is 2.58 bits per heavy atom. The van der Waals surface area contributed by atoms with E-state index in [0.29, 0.717) is 0 Å². The maximum Gasteiger partial charge on any atom is 0.0315 e. The highest BCUT2D eigenvalue weighted by Gasteiger charge is 2.20. The van der Waals surface area contributed by atoms with Crippen molar-refractivity contribution in [1.29, 1.82) is 0 Å². The summed E-state index contributed by atoms with van der Waals surface area (Å²) in [6, 6.07) is 0.809. The summed E-state index contributed by atoms with van der Waals surface area (Å²) in [5, 5.41) is 2.42. The van der Waals surface area contributed by atoms with E-state index in [-0.39, 0.29) is 0 Å². The third-order valence-electron chi connectivity index (χ3n) is 2.90. The van der Waals surface area contributed by atoms with Crippen LogP contribution in [0.3, 0.4) is 0 Å². The molecule has 0 spiro atoms. The van der Waals surface area contributed by atoms with Crippen LogP contribution in [0.15, 0.2) is 12.2 Å². The standard InChI is InChI=1S/C10H18N2/c1-2-6-10(7-3-1)12-9-5-4-8-11-12/h4-5,10-11H,1-3,6-9H2. The monoisotopic (exact) mass is 166 g/mol. The Bertz CT molecular complexity index is 159. The van der Waals surface area contributed by atoms with Crippen LogP contribution < -0.4 is 5.43 Å². The average Bonchev–Trinajstić information content (AvgIpc) is 2.21. The molecule has 0 saturated heterocycles. The quantitative estimate of drug-likeness (QED) is 0.596. The van der Waals surface area contributed by atoms with Crippen molar-refractivity contribution in [3.05, 3.63) is 12.2 Å². The maximum absolute atomic E-state index is 3.44. The molecule has 1 fully saturated rings. The summed E-state index contributed by atoms with van der Waals surface area (Å²) in [6.45, 7) is 2.13. The number of nitrogens with one attached hydrogen (secondary N) is 1. The van der Waals surface area contributed by atoms with Gasteiger partial charge in [-0.1, -0.05) is 31.4 Å². The van der Waals surface area contributed by atoms with Gasteiger partial charge in [0.05, 0.1) is 0 Å².